The second-order valence-electron chi connectivity index (χ2n) is 3.59. The first-order valence-corrected chi connectivity index (χ1v) is 4.57. The van der Waals surface area contributed by atoms with Crippen molar-refractivity contribution in [3.8, 4) is 0 Å². The highest BCUT2D eigenvalue weighted by Crippen LogP contribution is 2.22. The molecular formula is C10H12F2N2. The van der Waals surface area contributed by atoms with Crippen molar-refractivity contribution in [1.29, 1.82) is 0 Å². The first kappa shape index (κ1) is 9.40. The number of hydrogen-bond donors (Lipinski definition) is 1. The van der Waals surface area contributed by atoms with Gasteiger partial charge in [-0.2, -0.15) is 0 Å². The molecule has 0 fully saturated rings. The number of nitrogens with zero attached hydrogens (tertiary/aromatic N) is 1. The van der Waals surface area contributed by atoms with Gasteiger partial charge in [-0.25, -0.2) is 8.78 Å². The Morgan fingerprint density at radius 2 is 2.00 bits per heavy atom. The molecule has 1 N–H and O–H groups in total. The van der Waals surface area contributed by atoms with Crippen LogP contribution in [-0.4, -0.2) is 25.0 Å². The molecule has 1 aliphatic rings. The van der Waals surface area contributed by atoms with Crippen LogP contribution in [0.4, 0.5) is 14.5 Å². The zero-order valence-corrected chi connectivity index (χ0v) is 7.98. The van der Waals surface area contributed by atoms with Crippen LogP contribution in [0.2, 0.25) is 0 Å². The molecule has 0 spiro atoms. The summed E-state index contributed by atoms with van der Waals surface area (Å²) < 4.78 is 25.9. The fourth-order valence-electron chi connectivity index (χ4n) is 1.63. The zero-order chi connectivity index (χ0) is 10.1. The smallest absolute Gasteiger partial charge is 0.160 e. The maximum absolute atomic E-state index is 12.9. The van der Waals surface area contributed by atoms with E-state index in [1.165, 1.54) is 12.1 Å². The van der Waals surface area contributed by atoms with E-state index in [9.17, 15) is 8.78 Å². The Morgan fingerprint density at radius 3 is 2.79 bits per heavy atom. The van der Waals surface area contributed by atoms with Gasteiger partial charge in [-0.15, -0.1) is 0 Å². The largest absolute Gasteiger partial charge is 0.383 e. The molecule has 0 amide bonds. The summed E-state index contributed by atoms with van der Waals surface area (Å²) in [6.45, 7) is 2.28. The standard InChI is InChI=1S/C10H12F2N2/c1-14-3-2-13-10-5-9(12)8(11)4-7(10)6-14/h4-5,13H,2-3,6H2,1H3. The highest BCUT2D eigenvalue weighted by molar-refractivity contribution is 5.52. The van der Waals surface area contributed by atoms with E-state index in [2.05, 4.69) is 10.2 Å². The van der Waals surface area contributed by atoms with Crippen LogP contribution in [0.25, 0.3) is 0 Å². The molecule has 0 atom stereocenters. The molecule has 0 bridgehead atoms. The second kappa shape index (κ2) is 3.53. The van der Waals surface area contributed by atoms with E-state index >= 15 is 0 Å². The zero-order valence-electron chi connectivity index (χ0n) is 7.98. The van der Waals surface area contributed by atoms with Gasteiger partial charge in [0.25, 0.3) is 0 Å². The third-order valence-corrected chi connectivity index (χ3v) is 2.40. The van der Waals surface area contributed by atoms with E-state index in [0.29, 0.717) is 12.2 Å². The van der Waals surface area contributed by atoms with Crippen molar-refractivity contribution in [1.82, 2.24) is 4.90 Å². The van der Waals surface area contributed by atoms with Crippen LogP contribution in [0, 0.1) is 11.6 Å². The van der Waals surface area contributed by atoms with Gasteiger partial charge in [-0.05, 0) is 18.7 Å². The second-order valence-corrected chi connectivity index (χ2v) is 3.59. The average Bonchev–Trinajstić information content (AvgIpc) is 2.28. The van der Waals surface area contributed by atoms with E-state index in [1.807, 2.05) is 7.05 Å². The minimum Gasteiger partial charge on any atom is -0.383 e. The van der Waals surface area contributed by atoms with Crippen molar-refractivity contribution >= 4 is 5.69 Å². The Morgan fingerprint density at radius 1 is 1.29 bits per heavy atom. The summed E-state index contributed by atoms with van der Waals surface area (Å²) in [4.78, 5) is 2.07. The van der Waals surface area contributed by atoms with Crippen molar-refractivity contribution < 1.29 is 8.78 Å². The normalized spacial score (nSPS) is 17.1. The van der Waals surface area contributed by atoms with Crippen LogP contribution in [0.15, 0.2) is 12.1 Å². The van der Waals surface area contributed by atoms with Crippen LogP contribution in [-0.2, 0) is 6.54 Å². The van der Waals surface area contributed by atoms with Gasteiger partial charge >= 0.3 is 0 Å². The number of anilines is 1. The number of rotatable bonds is 0. The molecule has 2 rings (SSSR count). The van der Waals surface area contributed by atoms with E-state index in [-0.39, 0.29) is 0 Å². The molecule has 0 unspecified atom stereocenters. The minimum absolute atomic E-state index is 0.652. The molecule has 0 aromatic heterocycles. The van der Waals surface area contributed by atoms with E-state index in [0.717, 1.165) is 18.7 Å². The van der Waals surface area contributed by atoms with Gasteiger partial charge in [0.1, 0.15) is 0 Å². The molecule has 76 valence electrons. The molecular weight excluding hydrogens is 186 g/mol. The number of fused-ring (bicyclic) bond motifs is 1. The lowest BCUT2D eigenvalue weighted by Crippen LogP contribution is -2.20. The van der Waals surface area contributed by atoms with Crippen LogP contribution in [0.1, 0.15) is 5.56 Å². The summed E-state index contributed by atoms with van der Waals surface area (Å²) in [5.41, 5.74) is 1.51. The molecule has 1 heterocycles. The van der Waals surface area contributed by atoms with E-state index in [1.54, 1.807) is 0 Å². The van der Waals surface area contributed by atoms with Gasteiger partial charge in [0, 0.05) is 31.4 Å². The number of hydrogen-bond acceptors (Lipinski definition) is 2. The van der Waals surface area contributed by atoms with Gasteiger partial charge in [0.15, 0.2) is 11.6 Å². The van der Waals surface area contributed by atoms with Gasteiger partial charge in [-0.3, -0.25) is 0 Å². The van der Waals surface area contributed by atoms with Crippen LogP contribution in [0.3, 0.4) is 0 Å². The third kappa shape index (κ3) is 1.70. The monoisotopic (exact) mass is 198 g/mol. The molecule has 2 nitrogen and oxygen atoms in total. The number of nitrogens with one attached hydrogen (secondary N) is 1. The lowest BCUT2D eigenvalue weighted by molar-refractivity contribution is 0.345. The van der Waals surface area contributed by atoms with Crippen LogP contribution < -0.4 is 5.32 Å². The quantitative estimate of drug-likeness (QED) is 0.684. The van der Waals surface area contributed by atoms with Crippen molar-refractivity contribution in [2.24, 2.45) is 0 Å². The Kier molecular flexibility index (Phi) is 2.37. The van der Waals surface area contributed by atoms with Crippen LogP contribution >= 0.6 is 0 Å². The molecule has 1 aliphatic heterocycles. The molecule has 14 heavy (non-hydrogen) atoms. The lowest BCUT2D eigenvalue weighted by Gasteiger charge is -2.12. The summed E-state index contributed by atoms with van der Waals surface area (Å²) in [6, 6.07) is 2.49. The van der Waals surface area contributed by atoms with Crippen molar-refractivity contribution in [3.05, 3.63) is 29.3 Å². The highest BCUT2D eigenvalue weighted by Gasteiger charge is 2.14. The van der Waals surface area contributed by atoms with Crippen molar-refractivity contribution in [2.45, 2.75) is 6.54 Å². The SMILES string of the molecule is CN1CCNc2cc(F)c(F)cc2C1. The summed E-state index contributed by atoms with van der Waals surface area (Å²) in [5.74, 6) is -1.57. The molecule has 4 heteroatoms. The van der Waals surface area contributed by atoms with Crippen molar-refractivity contribution in [3.63, 3.8) is 0 Å². The number of halogens is 2. The first-order chi connectivity index (χ1) is 6.66. The summed E-state index contributed by atoms with van der Waals surface area (Å²) >= 11 is 0. The average molecular weight is 198 g/mol. The predicted molar refractivity (Wildman–Crippen MR) is 51.2 cm³/mol. The first-order valence-electron chi connectivity index (χ1n) is 4.57. The van der Waals surface area contributed by atoms with E-state index < -0.39 is 11.6 Å². The molecule has 0 saturated heterocycles. The summed E-state index contributed by atoms with van der Waals surface area (Å²) in [7, 11) is 1.96. The van der Waals surface area contributed by atoms with E-state index in [4.69, 9.17) is 0 Å². The Labute approximate surface area is 81.5 Å². The summed E-state index contributed by atoms with van der Waals surface area (Å²) in [5, 5.41) is 3.08. The fourth-order valence-corrected chi connectivity index (χ4v) is 1.63. The van der Waals surface area contributed by atoms with Crippen LogP contribution in [0.5, 0.6) is 0 Å². The van der Waals surface area contributed by atoms with Gasteiger partial charge in [0.2, 0.25) is 0 Å². The van der Waals surface area contributed by atoms with Crippen molar-refractivity contribution in [2.75, 3.05) is 25.5 Å². The molecule has 1 aromatic carbocycles. The maximum atomic E-state index is 12.9. The Balaban J connectivity index is 2.41. The molecule has 0 saturated carbocycles. The van der Waals surface area contributed by atoms with Gasteiger partial charge < -0.3 is 10.2 Å². The van der Waals surface area contributed by atoms with Gasteiger partial charge in [-0.1, -0.05) is 0 Å². The summed E-state index contributed by atoms with van der Waals surface area (Å²) in [6.07, 6.45) is 0. The molecule has 1 aromatic rings. The lowest BCUT2D eigenvalue weighted by atomic mass is 10.1. The maximum Gasteiger partial charge on any atom is 0.160 e. The Hall–Kier alpha value is -1.16. The Bertz CT molecular complexity index is 352. The molecule has 0 radical (unpaired) electrons. The minimum atomic E-state index is -0.791. The number of benzene rings is 1. The third-order valence-electron chi connectivity index (χ3n) is 2.40. The molecule has 0 aliphatic carbocycles. The fraction of sp³-hybridized carbons (Fsp3) is 0.400. The predicted octanol–water partition coefficient (Wildman–Crippen LogP) is 1.82. The highest BCUT2D eigenvalue weighted by atomic mass is 19.2. The topological polar surface area (TPSA) is 15.3 Å². The van der Waals surface area contributed by atoms with Gasteiger partial charge in [0.05, 0.1) is 0 Å². The number of likely N-dealkylation sites (N-methyl/N-ethyl adjacent to an activating group) is 1.